The van der Waals surface area contributed by atoms with Gasteiger partial charge in [0.1, 0.15) is 16.7 Å². The Morgan fingerprint density at radius 1 is 0.781 bits per heavy atom. The molecule has 174 valence electrons. The zero-order valence-corrected chi connectivity index (χ0v) is 20.1. The van der Waals surface area contributed by atoms with Gasteiger partial charge in [-0.1, -0.05) is 87.4 Å². The van der Waals surface area contributed by atoms with Gasteiger partial charge in [-0.2, -0.15) is 0 Å². The highest BCUT2D eigenvalue weighted by Crippen LogP contribution is 2.41. The molecule has 0 N–H and O–H groups in total. The van der Waals surface area contributed by atoms with E-state index >= 15 is 0 Å². The van der Waals surface area contributed by atoms with Crippen molar-refractivity contribution in [3.8, 4) is 0 Å². The van der Waals surface area contributed by atoms with Crippen molar-refractivity contribution in [2.45, 2.75) is 89.4 Å². The molecule has 32 heavy (non-hydrogen) atoms. The van der Waals surface area contributed by atoms with Crippen LogP contribution in [0.4, 0.5) is 8.78 Å². The van der Waals surface area contributed by atoms with Crippen LogP contribution in [-0.2, 0) is 0 Å². The Hall–Kier alpha value is -1.41. The molecule has 3 heteroatoms. The van der Waals surface area contributed by atoms with E-state index in [1.807, 2.05) is 0 Å². The fraction of sp³-hybridized carbons (Fsp3) is 0.586. The van der Waals surface area contributed by atoms with Gasteiger partial charge < -0.3 is 0 Å². The summed E-state index contributed by atoms with van der Waals surface area (Å²) in [6.45, 7) is 2.38. The molecule has 0 aromatic heterocycles. The number of hydrogen-bond donors (Lipinski definition) is 0. The Labute approximate surface area is 197 Å². The number of hydrogen-bond acceptors (Lipinski definition) is 0. The highest BCUT2D eigenvalue weighted by Gasteiger charge is 2.27. The number of halogens is 3. The standard InChI is InChI=1S/C29H37ClF2/c1-20(24-5-3-2-4-6-24)17-23-11-9-21(10-12-23)7-8-22-13-15-25(16-14-22)26-18-27(31)29(30)28(32)19-26/h2-6,18-23,25H,7-17H2,1H3/t20-,21?,22?,23?,25?/m0/s1. The fourth-order valence-electron chi connectivity index (χ4n) is 6.24. The summed E-state index contributed by atoms with van der Waals surface area (Å²) in [5.41, 5.74) is 2.26. The average molecular weight is 459 g/mol. The Bertz CT molecular complexity index is 826. The first-order chi connectivity index (χ1) is 15.5. The van der Waals surface area contributed by atoms with Gasteiger partial charge >= 0.3 is 0 Å². The number of rotatable bonds is 7. The minimum Gasteiger partial charge on any atom is -0.205 e. The third kappa shape index (κ3) is 6.13. The molecule has 0 amide bonds. The lowest BCUT2D eigenvalue weighted by atomic mass is 9.73. The van der Waals surface area contributed by atoms with Crippen LogP contribution in [0.15, 0.2) is 42.5 Å². The third-order valence-electron chi connectivity index (χ3n) is 8.33. The average Bonchev–Trinajstić information content (AvgIpc) is 2.82. The van der Waals surface area contributed by atoms with Crippen molar-refractivity contribution in [2.24, 2.45) is 17.8 Å². The van der Waals surface area contributed by atoms with E-state index in [1.54, 1.807) is 0 Å². The topological polar surface area (TPSA) is 0 Å². The molecule has 2 aliphatic rings. The maximum atomic E-state index is 13.8. The molecule has 0 unspecified atom stereocenters. The van der Waals surface area contributed by atoms with Gasteiger partial charge in [-0.05, 0) is 85.0 Å². The summed E-state index contributed by atoms with van der Waals surface area (Å²) in [6, 6.07) is 13.8. The minimum absolute atomic E-state index is 0.273. The minimum atomic E-state index is -0.627. The maximum absolute atomic E-state index is 13.8. The number of benzene rings is 2. The zero-order chi connectivity index (χ0) is 22.5. The molecule has 0 aliphatic heterocycles. The summed E-state index contributed by atoms with van der Waals surface area (Å²) in [5, 5.41) is -0.383. The predicted octanol–water partition coefficient (Wildman–Crippen LogP) is 9.67. The van der Waals surface area contributed by atoms with Gasteiger partial charge in [0, 0.05) is 0 Å². The summed E-state index contributed by atoms with van der Waals surface area (Å²) in [5.74, 6) is 2.25. The quantitative estimate of drug-likeness (QED) is 0.362. The molecule has 2 aliphatic carbocycles. The zero-order valence-electron chi connectivity index (χ0n) is 19.3. The monoisotopic (exact) mass is 458 g/mol. The van der Waals surface area contributed by atoms with Crippen LogP contribution in [0.2, 0.25) is 5.02 Å². The maximum Gasteiger partial charge on any atom is 0.145 e. The van der Waals surface area contributed by atoms with E-state index in [1.165, 1.54) is 75.5 Å². The molecule has 0 saturated heterocycles. The molecule has 0 radical (unpaired) electrons. The second-order valence-corrected chi connectivity index (χ2v) is 10.9. The van der Waals surface area contributed by atoms with E-state index in [4.69, 9.17) is 11.6 Å². The van der Waals surface area contributed by atoms with Crippen LogP contribution in [0.5, 0.6) is 0 Å². The first-order valence-corrected chi connectivity index (χ1v) is 13.1. The normalized spacial score (nSPS) is 27.2. The molecule has 2 saturated carbocycles. The van der Waals surface area contributed by atoms with Crippen LogP contribution < -0.4 is 0 Å². The first kappa shape index (κ1) is 23.7. The van der Waals surface area contributed by atoms with E-state index in [0.717, 1.165) is 36.2 Å². The van der Waals surface area contributed by atoms with Crippen LogP contribution in [0.3, 0.4) is 0 Å². The Morgan fingerprint density at radius 2 is 1.28 bits per heavy atom. The smallest absolute Gasteiger partial charge is 0.145 e. The molecule has 0 nitrogen and oxygen atoms in total. The molecule has 0 heterocycles. The lowest BCUT2D eigenvalue weighted by molar-refractivity contribution is 0.220. The van der Waals surface area contributed by atoms with Gasteiger partial charge in [0.05, 0.1) is 0 Å². The van der Waals surface area contributed by atoms with Gasteiger partial charge in [0.2, 0.25) is 0 Å². The lowest BCUT2D eigenvalue weighted by Crippen LogP contribution is -2.18. The SMILES string of the molecule is C[C@@H](CC1CCC(CCC2CCC(c3cc(F)c(Cl)c(F)c3)CC2)CC1)c1ccccc1. The molecule has 2 aromatic rings. The second kappa shape index (κ2) is 11.1. The Kier molecular flexibility index (Phi) is 8.27. The summed E-state index contributed by atoms with van der Waals surface area (Å²) < 4.78 is 27.6. The van der Waals surface area contributed by atoms with E-state index < -0.39 is 11.6 Å². The van der Waals surface area contributed by atoms with Crippen molar-refractivity contribution >= 4 is 11.6 Å². The molecule has 0 spiro atoms. The van der Waals surface area contributed by atoms with Gasteiger partial charge in [-0.3, -0.25) is 0 Å². The largest absolute Gasteiger partial charge is 0.205 e. The van der Waals surface area contributed by atoms with E-state index in [2.05, 4.69) is 37.3 Å². The van der Waals surface area contributed by atoms with Crippen LogP contribution in [0.25, 0.3) is 0 Å². The Balaban J connectivity index is 1.16. The second-order valence-electron chi connectivity index (χ2n) is 10.5. The van der Waals surface area contributed by atoms with Crippen molar-refractivity contribution in [1.82, 2.24) is 0 Å². The van der Waals surface area contributed by atoms with Gasteiger partial charge in [-0.25, -0.2) is 8.78 Å². The van der Waals surface area contributed by atoms with Crippen LogP contribution >= 0.6 is 11.6 Å². The molecule has 1 atom stereocenters. The highest BCUT2D eigenvalue weighted by molar-refractivity contribution is 6.30. The van der Waals surface area contributed by atoms with Crippen molar-refractivity contribution < 1.29 is 8.78 Å². The van der Waals surface area contributed by atoms with E-state index in [9.17, 15) is 8.78 Å². The van der Waals surface area contributed by atoms with Crippen LogP contribution in [-0.4, -0.2) is 0 Å². The van der Waals surface area contributed by atoms with Gasteiger partial charge in [0.25, 0.3) is 0 Å². The fourth-order valence-corrected chi connectivity index (χ4v) is 6.35. The van der Waals surface area contributed by atoms with Crippen molar-refractivity contribution in [3.63, 3.8) is 0 Å². The molecule has 4 rings (SSSR count). The molecule has 0 bridgehead atoms. The lowest BCUT2D eigenvalue weighted by Gasteiger charge is -2.33. The van der Waals surface area contributed by atoms with Crippen molar-refractivity contribution in [2.75, 3.05) is 0 Å². The first-order valence-electron chi connectivity index (χ1n) is 12.7. The van der Waals surface area contributed by atoms with Crippen LogP contribution in [0.1, 0.15) is 101 Å². The van der Waals surface area contributed by atoms with Gasteiger partial charge in [0.15, 0.2) is 0 Å². The van der Waals surface area contributed by atoms with Crippen molar-refractivity contribution in [3.05, 3.63) is 70.2 Å². The predicted molar refractivity (Wildman–Crippen MR) is 130 cm³/mol. The molecule has 2 fully saturated rings. The Morgan fingerprint density at radius 3 is 1.84 bits per heavy atom. The summed E-state index contributed by atoms with van der Waals surface area (Å²) in [6.07, 6.45) is 14.0. The highest BCUT2D eigenvalue weighted by atomic mass is 35.5. The van der Waals surface area contributed by atoms with Crippen molar-refractivity contribution in [1.29, 1.82) is 0 Å². The van der Waals surface area contributed by atoms with E-state index in [-0.39, 0.29) is 10.9 Å². The van der Waals surface area contributed by atoms with Crippen LogP contribution in [0, 0.1) is 29.4 Å². The summed E-state index contributed by atoms with van der Waals surface area (Å²) >= 11 is 5.64. The third-order valence-corrected chi connectivity index (χ3v) is 8.69. The molecular weight excluding hydrogens is 422 g/mol. The van der Waals surface area contributed by atoms with E-state index in [0.29, 0.717) is 5.92 Å². The molecular formula is C29H37ClF2. The summed E-state index contributed by atoms with van der Waals surface area (Å²) in [7, 11) is 0. The van der Waals surface area contributed by atoms with Gasteiger partial charge in [-0.15, -0.1) is 0 Å². The summed E-state index contributed by atoms with van der Waals surface area (Å²) in [4.78, 5) is 0. The molecule has 2 aromatic carbocycles.